The summed E-state index contributed by atoms with van der Waals surface area (Å²) in [7, 11) is 0. The maximum absolute atomic E-state index is 12.6. The summed E-state index contributed by atoms with van der Waals surface area (Å²) in [6.07, 6.45) is 96.1. The summed E-state index contributed by atoms with van der Waals surface area (Å²) in [5, 5.41) is 23.5. The number of unbranched alkanes of at least 4 members (excludes halogenated alkanes) is 52. The third-order valence-electron chi connectivity index (χ3n) is 17.6. The van der Waals surface area contributed by atoms with Crippen LogP contribution in [0.25, 0.3) is 0 Å². The largest absolute Gasteiger partial charge is 0.466 e. The van der Waals surface area contributed by atoms with Crippen LogP contribution >= 0.6 is 0 Å². The van der Waals surface area contributed by atoms with E-state index < -0.39 is 12.1 Å². The molecule has 0 saturated heterocycles. The maximum atomic E-state index is 12.6. The Hall–Kier alpha value is -2.18. The first kappa shape index (κ1) is 81.8. The number of nitrogens with one attached hydrogen (secondary N) is 1. The number of hydrogen-bond acceptors (Lipinski definition) is 5. The van der Waals surface area contributed by atoms with Crippen molar-refractivity contribution in [2.45, 2.75) is 424 Å². The van der Waals surface area contributed by atoms with Gasteiger partial charge in [-0.2, -0.15) is 0 Å². The van der Waals surface area contributed by atoms with E-state index in [2.05, 4.69) is 67.8 Å². The maximum Gasteiger partial charge on any atom is 0.305 e. The SMILES string of the molecule is CCC/C=C\C/C=C\CCCCCCCC(=O)OCCCCCCCCCCC/C=C\C/C=C\CCCCCCCCCCCCCCCCCC(=O)NC(CO)C(O)CCCCCCCCCCCCCCCCCCCCCCCCC. The Balaban J connectivity index is 3.40. The Morgan fingerprint density at radius 2 is 0.619 bits per heavy atom. The Bertz CT molecular complexity index is 1400. The lowest BCUT2D eigenvalue weighted by Gasteiger charge is -2.22. The van der Waals surface area contributed by atoms with Gasteiger partial charge in [0.2, 0.25) is 5.91 Å². The lowest BCUT2D eigenvalue weighted by atomic mass is 10.0. The second kappa shape index (κ2) is 73.3. The highest BCUT2D eigenvalue weighted by molar-refractivity contribution is 5.76. The van der Waals surface area contributed by atoms with Crippen LogP contribution in [0.4, 0.5) is 0 Å². The number of amides is 1. The van der Waals surface area contributed by atoms with Crippen molar-refractivity contribution in [3.8, 4) is 0 Å². The molecule has 2 unspecified atom stereocenters. The van der Waals surface area contributed by atoms with Gasteiger partial charge in [0.1, 0.15) is 0 Å². The molecule has 0 bridgehead atoms. The van der Waals surface area contributed by atoms with Crippen molar-refractivity contribution in [3.63, 3.8) is 0 Å². The van der Waals surface area contributed by atoms with Crippen LogP contribution in [-0.4, -0.2) is 47.4 Å². The summed E-state index contributed by atoms with van der Waals surface area (Å²) >= 11 is 0. The number of aliphatic hydroxyl groups excluding tert-OH is 2. The zero-order valence-corrected chi connectivity index (χ0v) is 56.6. The van der Waals surface area contributed by atoms with Crippen molar-refractivity contribution in [3.05, 3.63) is 48.6 Å². The molecule has 0 spiro atoms. The number of rotatable bonds is 71. The Labute approximate surface area is 525 Å². The molecule has 0 aliphatic heterocycles. The van der Waals surface area contributed by atoms with Gasteiger partial charge in [-0.15, -0.1) is 0 Å². The van der Waals surface area contributed by atoms with Gasteiger partial charge in [-0.25, -0.2) is 0 Å². The van der Waals surface area contributed by atoms with Crippen LogP contribution in [0, 0.1) is 0 Å². The molecule has 0 aromatic carbocycles. The van der Waals surface area contributed by atoms with Gasteiger partial charge < -0.3 is 20.3 Å². The van der Waals surface area contributed by atoms with E-state index in [0.29, 0.717) is 25.9 Å². The summed E-state index contributed by atoms with van der Waals surface area (Å²) in [6, 6.07) is -0.543. The van der Waals surface area contributed by atoms with Gasteiger partial charge in [0, 0.05) is 12.8 Å². The molecule has 0 radical (unpaired) electrons. The molecule has 0 rings (SSSR count). The monoisotopic (exact) mass is 1180 g/mol. The van der Waals surface area contributed by atoms with E-state index in [1.54, 1.807) is 0 Å². The van der Waals surface area contributed by atoms with E-state index in [4.69, 9.17) is 4.74 Å². The fraction of sp³-hybridized carbons (Fsp3) is 0.872. The number of aliphatic hydroxyl groups is 2. The highest BCUT2D eigenvalue weighted by Gasteiger charge is 2.20. The molecule has 0 fully saturated rings. The van der Waals surface area contributed by atoms with Crippen molar-refractivity contribution in [2.24, 2.45) is 0 Å². The van der Waals surface area contributed by atoms with Gasteiger partial charge >= 0.3 is 5.97 Å². The molecule has 6 nitrogen and oxygen atoms in total. The first-order valence-corrected chi connectivity index (χ1v) is 37.9. The van der Waals surface area contributed by atoms with E-state index in [-0.39, 0.29) is 18.5 Å². The van der Waals surface area contributed by atoms with E-state index in [1.165, 1.54) is 321 Å². The zero-order valence-electron chi connectivity index (χ0n) is 56.6. The number of ether oxygens (including phenoxy) is 1. The van der Waals surface area contributed by atoms with Crippen LogP contribution in [-0.2, 0) is 14.3 Å². The summed E-state index contributed by atoms with van der Waals surface area (Å²) in [4.78, 5) is 24.6. The lowest BCUT2D eigenvalue weighted by molar-refractivity contribution is -0.143. The fourth-order valence-corrected chi connectivity index (χ4v) is 11.8. The van der Waals surface area contributed by atoms with E-state index in [1.807, 2.05) is 0 Å². The number of allylic oxidation sites excluding steroid dienone is 8. The standard InChI is InChI=1S/C78H147NO5/c1-3-5-7-9-11-13-15-17-18-19-20-21-31-34-37-40-43-47-50-54-58-62-66-70-76(81)75(74-80)79-77(82)71-67-63-59-55-51-48-44-41-38-35-32-29-27-25-23-22-24-26-28-30-33-36-39-42-45-49-53-57-61-65-69-73-84-78(83)72-68-64-60-56-52-46-16-14-12-10-8-6-4-2/h8,10,14,16,24,26,30,33,75-76,80-81H,3-7,9,11-13,15,17-23,25,27-29,31-32,34-74H2,1-2H3,(H,79,82)/b10-8-,16-14-,26-24-,33-30-. The first-order chi connectivity index (χ1) is 41.5. The van der Waals surface area contributed by atoms with Gasteiger partial charge in [0.05, 0.1) is 25.4 Å². The number of hydrogen-bond donors (Lipinski definition) is 3. The highest BCUT2D eigenvalue weighted by atomic mass is 16.5. The molecular formula is C78H147NO5. The molecule has 0 aromatic heterocycles. The predicted molar refractivity (Wildman–Crippen MR) is 370 cm³/mol. The molecule has 1 amide bonds. The molecule has 0 aliphatic carbocycles. The smallest absolute Gasteiger partial charge is 0.305 e. The zero-order chi connectivity index (χ0) is 60.6. The second-order valence-corrected chi connectivity index (χ2v) is 26.0. The van der Waals surface area contributed by atoms with Gasteiger partial charge in [0.25, 0.3) is 0 Å². The van der Waals surface area contributed by atoms with Crippen LogP contribution in [0.1, 0.15) is 412 Å². The number of esters is 1. The molecule has 2 atom stereocenters. The molecule has 0 aromatic rings. The Morgan fingerprint density at radius 1 is 0.333 bits per heavy atom. The summed E-state index contributed by atoms with van der Waals surface area (Å²) < 4.78 is 5.47. The van der Waals surface area contributed by atoms with Gasteiger partial charge in [-0.05, 0) is 83.5 Å². The minimum absolute atomic E-state index is 0.00193. The van der Waals surface area contributed by atoms with E-state index in [9.17, 15) is 19.8 Å². The Morgan fingerprint density at radius 3 is 0.952 bits per heavy atom. The van der Waals surface area contributed by atoms with Crippen LogP contribution < -0.4 is 5.32 Å². The van der Waals surface area contributed by atoms with Crippen molar-refractivity contribution >= 4 is 11.9 Å². The van der Waals surface area contributed by atoms with Crippen molar-refractivity contribution in [2.75, 3.05) is 13.2 Å². The third-order valence-corrected chi connectivity index (χ3v) is 17.6. The molecule has 6 heteroatoms. The van der Waals surface area contributed by atoms with Crippen molar-refractivity contribution in [1.82, 2.24) is 5.32 Å². The predicted octanol–water partition coefficient (Wildman–Crippen LogP) is 24.8. The second-order valence-electron chi connectivity index (χ2n) is 26.0. The topological polar surface area (TPSA) is 95.9 Å². The summed E-state index contributed by atoms with van der Waals surface area (Å²) in [5.74, 6) is -0.0318. The molecule has 0 saturated carbocycles. The van der Waals surface area contributed by atoms with Crippen molar-refractivity contribution < 1.29 is 24.5 Å². The van der Waals surface area contributed by atoms with E-state index >= 15 is 0 Å². The minimum Gasteiger partial charge on any atom is -0.466 e. The molecule has 3 N–H and O–H groups in total. The molecule has 84 heavy (non-hydrogen) atoms. The van der Waals surface area contributed by atoms with Crippen molar-refractivity contribution in [1.29, 1.82) is 0 Å². The van der Waals surface area contributed by atoms with Crippen LogP contribution in [0.15, 0.2) is 48.6 Å². The van der Waals surface area contributed by atoms with Crippen LogP contribution in [0.2, 0.25) is 0 Å². The molecular weight excluding hydrogens is 1030 g/mol. The summed E-state index contributed by atoms with van der Waals surface area (Å²) in [5.41, 5.74) is 0. The van der Waals surface area contributed by atoms with Gasteiger partial charge in [0.15, 0.2) is 0 Å². The minimum atomic E-state index is -0.666. The van der Waals surface area contributed by atoms with E-state index in [0.717, 1.165) is 57.8 Å². The number of carbonyl (C=O) groups excluding carboxylic acids is 2. The molecule has 0 aliphatic rings. The summed E-state index contributed by atoms with van der Waals surface area (Å²) in [6.45, 7) is 4.92. The lowest BCUT2D eigenvalue weighted by Crippen LogP contribution is -2.45. The average molecular weight is 1180 g/mol. The first-order valence-electron chi connectivity index (χ1n) is 37.9. The molecule has 494 valence electrons. The van der Waals surface area contributed by atoms with Gasteiger partial charge in [-0.3, -0.25) is 9.59 Å². The van der Waals surface area contributed by atoms with Crippen LogP contribution in [0.5, 0.6) is 0 Å². The average Bonchev–Trinajstić information content (AvgIpc) is 3.51. The number of carbonyl (C=O) groups is 2. The van der Waals surface area contributed by atoms with Gasteiger partial charge in [-0.1, -0.05) is 364 Å². The quantitative estimate of drug-likeness (QED) is 0.0320. The molecule has 0 heterocycles. The normalized spacial score (nSPS) is 12.8. The van der Waals surface area contributed by atoms with Crippen LogP contribution in [0.3, 0.4) is 0 Å². The third kappa shape index (κ3) is 68.9. The Kier molecular flexibility index (Phi) is 71.4. The fourth-order valence-electron chi connectivity index (χ4n) is 11.8. The highest BCUT2D eigenvalue weighted by Crippen LogP contribution is 2.19.